The molecule has 15 heavy (non-hydrogen) atoms. The van der Waals surface area contributed by atoms with Crippen LogP contribution in [0.3, 0.4) is 0 Å². The van der Waals surface area contributed by atoms with Gasteiger partial charge in [0.2, 0.25) is 0 Å². The second-order valence-electron chi connectivity index (χ2n) is 4.39. The van der Waals surface area contributed by atoms with Crippen molar-refractivity contribution >= 4 is 23.9 Å². The largest absolute Gasteiger partial charge is 0.393 e. The predicted molar refractivity (Wildman–Crippen MR) is 38.6 cm³/mol. The third kappa shape index (κ3) is 0.513. The van der Waals surface area contributed by atoms with Gasteiger partial charge in [0.25, 0.3) is 0 Å². The molecule has 4 unspecified atom stereocenters. The maximum atomic E-state index is 11.2. The fourth-order valence-electron chi connectivity index (χ4n) is 3.44. The van der Waals surface area contributed by atoms with E-state index in [0.29, 0.717) is 0 Å². The molecule has 0 N–H and O–H groups in total. The first-order chi connectivity index (χ1) is 7.10. The van der Waals surface area contributed by atoms with E-state index < -0.39 is 53.0 Å². The Morgan fingerprint density at radius 1 is 0.667 bits per heavy atom. The van der Waals surface area contributed by atoms with Crippen molar-refractivity contribution in [3.8, 4) is 0 Å². The molecule has 1 spiro atoms. The number of hydrogen-bond donors (Lipinski definition) is 0. The Morgan fingerprint density at radius 3 is 1.20 bits per heavy atom. The lowest BCUT2D eigenvalue weighted by Crippen LogP contribution is -2.19. The summed E-state index contributed by atoms with van der Waals surface area (Å²) in [5.74, 6) is -4.68. The molecule has 76 valence electrons. The fourth-order valence-corrected chi connectivity index (χ4v) is 3.44. The molecule has 0 radical (unpaired) electrons. The molecule has 2 saturated heterocycles. The summed E-state index contributed by atoms with van der Waals surface area (Å²) in [6, 6.07) is 0. The molecule has 6 nitrogen and oxygen atoms in total. The average Bonchev–Trinajstić information content (AvgIpc) is 2.92. The second kappa shape index (κ2) is 1.70. The Labute approximate surface area is 82.5 Å². The highest BCUT2D eigenvalue weighted by atomic mass is 16.6. The number of carbonyl (C=O) groups excluding carboxylic acids is 4. The molecule has 0 amide bonds. The minimum atomic E-state index is -0.737. The number of fused-ring (bicyclic) bond motifs is 6. The van der Waals surface area contributed by atoms with Gasteiger partial charge in [-0.05, 0) is 0 Å². The van der Waals surface area contributed by atoms with Crippen molar-refractivity contribution in [2.24, 2.45) is 29.1 Å². The second-order valence-corrected chi connectivity index (χ2v) is 4.39. The van der Waals surface area contributed by atoms with Crippen molar-refractivity contribution in [2.75, 3.05) is 0 Å². The van der Waals surface area contributed by atoms with Crippen molar-refractivity contribution in [3.63, 3.8) is 0 Å². The van der Waals surface area contributed by atoms with Gasteiger partial charge in [-0.2, -0.15) is 0 Å². The maximum absolute atomic E-state index is 11.2. The van der Waals surface area contributed by atoms with Crippen LogP contribution in [0.25, 0.3) is 0 Å². The monoisotopic (exact) mass is 208 g/mol. The van der Waals surface area contributed by atoms with Crippen LogP contribution in [-0.2, 0) is 28.7 Å². The topological polar surface area (TPSA) is 86.7 Å². The van der Waals surface area contributed by atoms with Crippen molar-refractivity contribution in [2.45, 2.75) is 0 Å². The van der Waals surface area contributed by atoms with Gasteiger partial charge in [0, 0.05) is 5.41 Å². The van der Waals surface area contributed by atoms with Crippen LogP contribution in [0, 0.1) is 29.1 Å². The van der Waals surface area contributed by atoms with Gasteiger partial charge < -0.3 is 9.47 Å². The number of rotatable bonds is 0. The van der Waals surface area contributed by atoms with E-state index >= 15 is 0 Å². The summed E-state index contributed by atoms with van der Waals surface area (Å²) in [6.07, 6.45) is 0. The van der Waals surface area contributed by atoms with Gasteiger partial charge in [-0.25, -0.2) is 0 Å². The van der Waals surface area contributed by atoms with Gasteiger partial charge in [-0.1, -0.05) is 0 Å². The molecule has 2 aliphatic heterocycles. The lowest BCUT2D eigenvalue weighted by molar-refractivity contribution is -0.159. The Morgan fingerprint density at radius 2 is 0.933 bits per heavy atom. The molecule has 4 aliphatic rings. The van der Waals surface area contributed by atoms with Crippen molar-refractivity contribution in [1.82, 2.24) is 0 Å². The van der Waals surface area contributed by atoms with Crippen LogP contribution in [0.2, 0.25) is 0 Å². The third-order valence-corrected chi connectivity index (χ3v) is 4.02. The molecule has 4 fully saturated rings. The van der Waals surface area contributed by atoms with Crippen molar-refractivity contribution < 1.29 is 28.7 Å². The van der Waals surface area contributed by atoms with Crippen LogP contribution >= 0.6 is 0 Å². The zero-order chi connectivity index (χ0) is 10.5. The van der Waals surface area contributed by atoms with Gasteiger partial charge in [0.15, 0.2) is 0 Å². The zero-order valence-electron chi connectivity index (χ0n) is 7.26. The Bertz CT molecular complexity index is 389. The molecule has 2 heterocycles. The van der Waals surface area contributed by atoms with E-state index in [1.165, 1.54) is 0 Å². The summed E-state index contributed by atoms with van der Waals surface area (Å²) in [6.45, 7) is 0. The first-order valence-corrected chi connectivity index (χ1v) is 4.61. The highest BCUT2D eigenvalue weighted by Crippen LogP contribution is 2.85. The standard InChI is InChI=1S/C9H4O6/c10-5-1-2(6(11)14-5)9(1)3-4(9)8(13)15-7(3)12/h1-4H. The van der Waals surface area contributed by atoms with Crippen LogP contribution in [0.5, 0.6) is 0 Å². The van der Waals surface area contributed by atoms with E-state index in [-0.39, 0.29) is 0 Å². The van der Waals surface area contributed by atoms with E-state index in [4.69, 9.17) is 0 Å². The summed E-state index contributed by atoms with van der Waals surface area (Å²) in [4.78, 5) is 44.9. The summed E-state index contributed by atoms with van der Waals surface area (Å²) in [5.41, 5.74) is -0.737. The smallest absolute Gasteiger partial charge is 0.318 e. The summed E-state index contributed by atoms with van der Waals surface area (Å²) in [7, 11) is 0. The number of esters is 4. The summed E-state index contributed by atoms with van der Waals surface area (Å²) in [5, 5.41) is 0. The summed E-state index contributed by atoms with van der Waals surface area (Å²) >= 11 is 0. The lowest BCUT2D eigenvalue weighted by atomic mass is 10.2. The van der Waals surface area contributed by atoms with Crippen molar-refractivity contribution in [1.29, 1.82) is 0 Å². The van der Waals surface area contributed by atoms with Crippen LogP contribution in [0.15, 0.2) is 0 Å². The normalized spacial score (nSPS) is 53.9. The molecule has 0 aromatic heterocycles. The molecule has 6 heteroatoms. The van der Waals surface area contributed by atoms with Gasteiger partial charge in [-0.15, -0.1) is 0 Å². The quantitative estimate of drug-likeness (QED) is 0.360. The molecule has 4 atom stereocenters. The third-order valence-electron chi connectivity index (χ3n) is 4.02. The minimum Gasteiger partial charge on any atom is -0.393 e. The number of hydrogen-bond acceptors (Lipinski definition) is 6. The molecule has 0 aromatic rings. The molecule has 0 bridgehead atoms. The van der Waals surface area contributed by atoms with E-state index in [1.54, 1.807) is 0 Å². The number of cyclic esters (lactones) is 4. The molecule has 2 saturated carbocycles. The van der Waals surface area contributed by atoms with Gasteiger partial charge in [-0.3, -0.25) is 19.2 Å². The highest BCUT2D eigenvalue weighted by Gasteiger charge is 2.97. The van der Waals surface area contributed by atoms with E-state index in [0.717, 1.165) is 0 Å². The number of ether oxygens (including phenoxy) is 2. The first-order valence-electron chi connectivity index (χ1n) is 4.61. The van der Waals surface area contributed by atoms with E-state index in [2.05, 4.69) is 9.47 Å². The Balaban J connectivity index is 1.79. The summed E-state index contributed by atoms with van der Waals surface area (Å²) < 4.78 is 8.79. The van der Waals surface area contributed by atoms with Crippen LogP contribution in [0.4, 0.5) is 0 Å². The highest BCUT2D eigenvalue weighted by molar-refractivity contribution is 6.12. The Hall–Kier alpha value is -1.72. The minimum absolute atomic E-state index is 0.572. The molecular weight excluding hydrogens is 204 g/mol. The van der Waals surface area contributed by atoms with E-state index in [9.17, 15) is 19.2 Å². The number of carbonyl (C=O) groups is 4. The van der Waals surface area contributed by atoms with Gasteiger partial charge in [0.1, 0.15) is 0 Å². The zero-order valence-corrected chi connectivity index (χ0v) is 7.26. The molecule has 2 aliphatic carbocycles. The maximum Gasteiger partial charge on any atom is 0.318 e. The molecular formula is C9H4O6. The molecule has 4 rings (SSSR count). The van der Waals surface area contributed by atoms with Crippen LogP contribution < -0.4 is 0 Å². The predicted octanol–water partition coefficient (Wildman–Crippen LogP) is -1.37. The van der Waals surface area contributed by atoms with Crippen molar-refractivity contribution in [3.05, 3.63) is 0 Å². The average molecular weight is 208 g/mol. The molecule has 0 aromatic carbocycles. The van der Waals surface area contributed by atoms with Crippen LogP contribution in [-0.4, -0.2) is 23.9 Å². The van der Waals surface area contributed by atoms with Crippen LogP contribution in [0.1, 0.15) is 0 Å². The van der Waals surface area contributed by atoms with Gasteiger partial charge in [0.05, 0.1) is 23.7 Å². The van der Waals surface area contributed by atoms with Gasteiger partial charge >= 0.3 is 23.9 Å². The first kappa shape index (κ1) is 7.56. The van der Waals surface area contributed by atoms with E-state index in [1.807, 2.05) is 0 Å². The SMILES string of the molecule is O=C1OC(=O)C2C1C21C2C(=O)OC(=O)C21. The fraction of sp³-hybridized carbons (Fsp3) is 0.556. The lowest BCUT2D eigenvalue weighted by Gasteiger charge is -2.03. The Kier molecular flexibility index (Phi) is 0.858.